The van der Waals surface area contributed by atoms with Crippen molar-refractivity contribution in [1.82, 2.24) is 10.2 Å². The van der Waals surface area contributed by atoms with Crippen LogP contribution in [0.2, 0.25) is 0 Å². The van der Waals surface area contributed by atoms with E-state index in [9.17, 15) is 9.59 Å². The van der Waals surface area contributed by atoms with Crippen LogP contribution in [0, 0.1) is 5.92 Å². The zero-order valence-electron chi connectivity index (χ0n) is 11.4. The van der Waals surface area contributed by atoms with Crippen molar-refractivity contribution in [2.75, 3.05) is 32.7 Å². The zero-order valence-corrected chi connectivity index (χ0v) is 11.4. The van der Waals surface area contributed by atoms with Gasteiger partial charge in [-0.05, 0) is 12.1 Å². The lowest BCUT2D eigenvalue weighted by Crippen LogP contribution is -2.30. The number of hydrogen-bond donors (Lipinski definition) is 0. The van der Waals surface area contributed by atoms with Crippen LogP contribution in [-0.2, 0) is 14.3 Å². The highest BCUT2D eigenvalue weighted by Crippen LogP contribution is 2.11. The minimum absolute atomic E-state index is 0.140. The Balaban J connectivity index is 2.70. The number of nitrogens with zero attached hydrogens (tertiary/aromatic N) is 3. The number of rotatable bonds is 5. The topological polar surface area (TPSA) is 81.6 Å². The van der Waals surface area contributed by atoms with E-state index in [4.69, 9.17) is 0 Å². The third-order valence-corrected chi connectivity index (χ3v) is 2.59. The van der Waals surface area contributed by atoms with E-state index in [1.165, 1.54) is 20.3 Å². The molecule has 1 aromatic rings. The number of carbonyl (C=O) groups excluding carboxylic acids is 2. The van der Waals surface area contributed by atoms with Gasteiger partial charge < -0.3 is 14.4 Å². The number of ether oxygens (including phenoxy) is 2. The fourth-order valence-electron chi connectivity index (χ4n) is 1.52. The average molecular weight is 267 g/mol. The first-order valence-corrected chi connectivity index (χ1v) is 5.70. The van der Waals surface area contributed by atoms with Crippen molar-refractivity contribution in [3.05, 3.63) is 17.8 Å². The van der Waals surface area contributed by atoms with Crippen LogP contribution in [0.1, 0.15) is 17.4 Å². The van der Waals surface area contributed by atoms with Crippen molar-refractivity contribution >= 4 is 17.8 Å². The molecule has 0 saturated carbocycles. The molecule has 0 aliphatic rings. The lowest BCUT2D eigenvalue weighted by atomic mass is 10.2. The summed E-state index contributed by atoms with van der Waals surface area (Å²) >= 11 is 0. The number of anilines is 1. The van der Waals surface area contributed by atoms with Gasteiger partial charge in [0.15, 0.2) is 11.5 Å². The Morgan fingerprint density at radius 1 is 1.26 bits per heavy atom. The molecule has 1 rings (SSSR count). The van der Waals surface area contributed by atoms with Gasteiger partial charge in [-0.2, -0.15) is 0 Å². The van der Waals surface area contributed by atoms with Crippen molar-refractivity contribution in [1.29, 1.82) is 0 Å². The van der Waals surface area contributed by atoms with E-state index < -0.39 is 5.97 Å². The summed E-state index contributed by atoms with van der Waals surface area (Å²) in [6.07, 6.45) is 0. The van der Waals surface area contributed by atoms with Gasteiger partial charge in [-0.15, -0.1) is 10.2 Å². The van der Waals surface area contributed by atoms with E-state index in [1.807, 2.05) is 0 Å². The van der Waals surface area contributed by atoms with Gasteiger partial charge >= 0.3 is 11.9 Å². The molecule has 1 unspecified atom stereocenters. The SMILES string of the molecule is COC(=O)c1ccc(N(C)CC(C)C(=O)OC)nn1. The molecule has 0 fully saturated rings. The molecule has 1 aromatic heterocycles. The Hall–Kier alpha value is -2.18. The number of esters is 2. The molecular weight excluding hydrogens is 250 g/mol. The number of methoxy groups -OCH3 is 2. The maximum absolute atomic E-state index is 11.3. The summed E-state index contributed by atoms with van der Waals surface area (Å²) in [7, 11) is 4.41. The standard InChI is InChI=1S/C12H17N3O4/c1-8(11(16)18-3)7-15(2)10-6-5-9(13-14-10)12(17)19-4/h5-6,8H,7H2,1-4H3. The first kappa shape index (κ1) is 14.9. The highest BCUT2D eigenvalue weighted by Gasteiger charge is 2.17. The van der Waals surface area contributed by atoms with E-state index in [1.54, 1.807) is 24.9 Å². The van der Waals surface area contributed by atoms with Crippen LogP contribution in [-0.4, -0.2) is 49.9 Å². The summed E-state index contributed by atoms with van der Waals surface area (Å²) < 4.78 is 9.18. The lowest BCUT2D eigenvalue weighted by molar-refractivity contribution is -0.144. The monoisotopic (exact) mass is 267 g/mol. The first-order valence-electron chi connectivity index (χ1n) is 5.70. The Kier molecular flexibility index (Phi) is 5.23. The minimum atomic E-state index is -0.537. The third-order valence-electron chi connectivity index (χ3n) is 2.59. The second-order valence-electron chi connectivity index (χ2n) is 4.07. The number of aromatic nitrogens is 2. The second-order valence-corrected chi connectivity index (χ2v) is 4.07. The molecule has 0 bridgehead atoms. The van der Waals surface area contributed by atoms with Crippen LogP contribution in [0.3, 0.4) is 0 Å². The molecule has 7 nitrogen and oxygen atoms in total. The zero-order chi connectivity index (χ0) is 14.4. The molecule has 1 atom stereocenters. The maximum atomic E-state index is 11.3. The molecule has 0 amide bonds. The van der Waals surface area contributed by atoms with Crippen molar-refractivity contribution < 1.29 is 19.1 Å². The smallest absolute Gasteiger partial charge is 0.358 e. The molecule has 0 aliphatic carbocycles. The molecule has 0 aromatic carbocycles. The predicted molar refractivity (Wildman–Crippen MR) is 67.8 cm³/mol. The van der Waals surface area contributed by atoms with Crippen LogP contribution < -0.4 is 4.90 Å². The summed E-state index contributed by atoms with van der Waals surface area (Å²) in [5.41, 5.74) is 0.140. The number of carbonyl (C=O) groups is 2. The molecule has 0 saturated heterocycles. The molecule has 7 heteroatoms. The first-order chi connectivity index (χ1) is 8.99. The minimum Gasteiger partial charge on any atom is -0.469 e. The summed E-state index contributed by atoms with van der Waals surface area (Å²) in [6.45, 7) is 2.21. The fraction of sp³-hybridized carbons (Fsp3) is 0.500. The average Bonchev–Trinajstić information content (AvgIpc) is 2.45. The summed E-state index contributed by atoms with van der Waals surface area (Å²) in [6, 6.07) is 3.16. The summed E-state index contributed by atoms with van der Waals surface area (Å²) in [5.74, 6) is -0.545. The van der Waals surface area contributed by atoms with Crippen LogP contribution in [0.4, 0.5) is 5.82 Å². The van der Waals surface area contributed by atoms with Crippen molar-refractivity contribution in [3.8, 4) is 0 Å². The Labute approximate surface area is 111 Å². The molecule has 0 N–H and O–H groups in total. The van der Waals surface area contributed by atoms with Gasteiger partial charge in [0.25, 0.3) is 0 Å². The Bertz CT molecular complexity index is 447. The van der Waals surface area contributed by atoms with E-state index in [0.717, 1.165) is 0 Å². The van der Waals surface area contributed by atoms with Crippen LogP contribution in [0.5, 0.6) is 0 Å². The quantitative estimate of drug-likeness (QED) is 0.719. The highest BCUT2D eigenvalue weighted by molar-refractivity contribution is 5.87. The van der Waals surface area contributed by atoms with E-state index in [0.29, 0.717) is 12.4 Å². The molecular formula is C12H17N3O4. The molecule has 1 heterocycles. The molecule has 104 valence electrons. The van der Waals surface area contributed by atoms with Crippen LogP contribution >= 0.6 is 0 Å². The fourth-order valence-corrected chi connectivity index (χ4v) is 1.52. The lowest BCUT2D eigenvalue weighted by Gasteiger charge is -2.20. The Morgan fingerprint density at radius 3 is 2.42 bits per heavy atom. The van der Waals surface area contributed by atoms with Gasteiger partial charge in [-0.3, -0.25) is 4.79 Å². The molecule has 19 heavy (non-hydrogen) atoms. The molecule has 0 aliphatic heterocycles. The summed E-state index contributed by atoms with van der Waals surface area (Å²) in [5, 5.41) is 7.67. The van der Waals surface area contributed by atoms with E-state index in [2.05, 4.69) is 19.7 Å². The van der Waals surface area contributed by atoms with Gasteiger partial charge in [0.05, 0.1) is 20.1 Å². The predicted octanol–water partition coefficient (Wildman–Crippen LogP) is 0.508. The van der Waals surface area contributed by atoms with Gasteiger partial charge in [0, 0.05) is 13.6 Å². The molecule has 0 spiro atoms. The maximum Gasteiger partial charge on any atom is 0.358 e. The van der Waals surface area contributed by atoms with Gasteiger partial charge in [-0.1, -0.05) is 6.92 Å². The van der Waals surface area contributed by atoms with Crippen molar-refractivity contribution in [3.63, 3.8) is 0 Å². The van der Waals surface area contributed by atoms with E-state index in [-0.39, 0.29) is 17.6 Å². The van der Waals surface area contributed by atoms with Gasteiger partial charge in [0.2, 0.25) is 0 Å². The largest absolute Gasteiger partial charge is 0.469 e. The van der Waals surface area contributed by atoms with Crippen LogP contribution in [0.15, 0.2) is 12.1 Å². The Morgan fingerprint density at radius 2 is 1.95 bits per heavy atom. The highest BCUT2D eigenvalue weighted by atomic mass is 16.5. The van der Waals surface area contributed by atoms with Gasteiger partial charge in [0.1, 0.15) is 0 Å². The normalized spacial score (nSPS) is 11.6. The summed E-state index contributed by atoms with van der Waals surface area (Å²) in [4.78, 5) is 24.3. The second kappa shape index (κ2) is 6.67. The van der Waals surface area contributed by atoms with E-state index >= 15 is 0 Å². The number of hydrogen-bond acceptors (Lipinski definition) is 7. The van der Waals surface area contributed by atoms with Gasteiger partial charge in [-0.25, -0.2) is 4.79 Å². The van der Waals surface area contributed by atoms with Crippen molar-refractivity contribution in [2.24, 2.45) is 5.92 Å². The molecule has 0 radical (unpaired) electrons. The third kappa shape index (κ3) is 3.90. The van der Waals surface area contributed by atoms with Crippen LogP contribution in [0.25, 0.3) is 0 Å². The van der Waals surface area contributed by atoms with Crippen molar-refractivity contribution in [2.45, 2.75) is 6.92 Å².